The van der Waals surface area contributed by atoms with Gasteiger partial charge in [0.15, 0.2) is 11.6 Å². The molecule has 0 saturated heterocycles. The summed E-state index contributed by atoms with van der Waals surface area (Å²) in [6.45, 7) is 0. The Morgan fingerprint density at radius 1 is 1.10 bits per heavy atom. The van der Waals surface area contributed by atoms with Crippen LogP contribution in [0.25, 0.3) is 0 Å². The Hall–Kier alpha value is -1.59. The molecule has 0 aromatic heterocycles. The molecular weight excluding hydrogens is 337 g/mol. The van der Waals surface area contributed by atoms with Crippen molar-refractivity contribution in [2.24, 2.45) is 0 Å². The fourth-order valence-electron chi connectivity index (χ4n) is 2.23. The van der Waals surface area contributed by atoms with Crippen LogP contribution in [0.1, 0.15) is 17.2 Å². The zero-order chi connectivity index (χ0) is 15.4. The number of rotatable bonds is 5. The molecular formula is C16H17BrFNO2. The van der Waals surface area contributed by atoms with E-state index in [9.17, 15) is 4.39 Å². The van der Waals surface area contributed by atoms with Crippen molar-refractivity contribution in [2.75, 3.05) is 21.3 Å². The van der Waals surface area contributed by atoms with E-state index in [0.29, 0.717) is 0 Å². The van der Waals surface area contributed by atoms with E-state index >= 15 is 0 Å². The van der Waals surface area contributed by atoms with Gasteiger partial charge in [0.2, 0.25) is 0 Å². The van der Waals surface area contributed by atoms with Gasteiger partial charge in [0.05, 0.1) is 20.3 Å². The smallest absolute Gasteiger partial charge is 0.165 e. The lowest BCUT2D eigenvalue weighted by atomic mass is 9.98. The van der Waals surface area contributed by atoms with Gasteiger partial charge in [0, 0.05) is 4.47 Å². The second-order valence-corrected chi connectivity index (χ2v) is 5.36. The maximum Gasteiger partial charge on any atom is 0.165 e. The molecule has 1 atom stereocenters. The van der Waals surface area contributed by atoms with Crippen molar-refractivity contribution in [2.45, 2.75) is 6.04 Å². The topological polar surface area (TPSA) is 30.5 Å². The maximum atomic E-state index is 13.9. The van der Waals surface area contributed by atoms with E-state index in [0.717, 1.165) is 21.3 Å². The van der Waals surface area contributed by atoms with Crippen molar-refractivity contribution < 1.29 is 13.9 Å². The molecule has 5 heteroatoms. The number of halogens is 2. The standard InChI is InChI=1S/C16H17BrFNO2/c1-19-16(10-4-7-15(21-3)14(18)8-10)12-9-11(20-2)5-6-13(12)17/h4-9,16,19H,1-3H3. The second kappa shape index (κ2) is 6.91. The van der Waals surface area contributed by atoms with Crippen LogP contribution in [0.5, 0.6) is 11.5 Å². The molecule has 0 heterocycles. The van der Waals surface area contributed by atoms with Crippen LogP contribution in [0.15, 0.2) is 40.9 Å². The lowest BCUT2D eigenvalue weighted by Crippen LogP contribution is -2.18. The second-order valence-electron chi connectivity index (χ2n) is 4.50. The lowest BCUT2D eigenvalue weighted by Gasteiger charge is -2.20. The van der Waals surface area contributed by atoms with Crippen LogP contribution >= 0.6 is 15.9 Å². The molecule has 2 rings (SSSR count). The highest BCUT2D eigenvalue weighted by molar-refractivity contribution is 9.10. The molecule has 1 unspecified atom stereocenters. The van der Waals surface area contributed by atoms with E-state index in [1.165, 1.54) is 13.2 Å². The molecule has 0 bridgehead atoms. The summed E-state index contributed by atoms with van der Waals surface area (Å²) in [7, 11) is 4.90. The van der Waals surface area contributed by atoms with E-state index in [-0.39, 0.29) is 17.6 Å². The Labute approximate surface area is 132 Å². The van der Waals surface area contributed by atoms with E-state index in [1.54, 1.807) is 13.2 Å². The SMILES string of the molecule is CNC(c1ccc(OC)c(F)c1)c1cc(OC)ccc1Br. The molecule has 0 aliphatic rings. The first-order chi connectivity index (χ1) is 10.1. The van der Waals surface area contributed by atoms with Crippen LogP contribution in [-0.4, -0.2) is 21.3 Å². The van der Waals surface area contributed by atoms with E-state index in [2.05, 4.69) is 21.2 Å². The molecule has 3 nitrogen and oxygen atoms in total. The Bertz CT molecular complexity index is 634. The van der Waals surface area contributed by atoms with Crippen LogP contribution in [-0.2, 0) is 0 Å². The summed E-state index contributed by atoms with van der Waals surface area (Å²) < 4.78 is 25.1. The normalized spacial score (nSPS) is 12.0. The number of hydrogen-bond donors (Lipinski definition) is 1. The zero-order valence-corrected chi connectivity index (χ0v) is 13.7. The molecule has 0 saturated carbocycles. The lowest BCUT2D eigenvalue weighted by molar-refractivity contribution is 0.386. The predicted molar refractivity (Wildman–Crippen MR) is 84.5 cm³/mol. The van der Waals surface area contributed by atoms with Gasteiger partial charge in [-0.1, -0.05) is 22.0 Å². The van der Waals surface area contributed by atoms with E-state index < -0.39 is 0 Å². The quantitative estimate of drug-likeness (QED) is 0.883. The van der Waals surface area contributed by atoms with Gasteiger partial charge >= 0.3 is 0 Å². The maximum absolute atomic E-state index is 13.9. The summed E-state index contributed by atoms with van der Waals surface area (Å²) in [6.07, 6.45) is 0. The number of nitrogens with one attached hydrogen (secondary N) is 1. The average Bonchev–Trinajstić information content (AvgIpc) is 2.50. The minimum absolute atomic E-state index is 0.158. The third-order valence-electron chi connectivity index (χ3n) is 3.31. The van der Waals surface area contributed by atoms with Crippen molar-refractivity contribution in [1.82, 2.24) is 5.32 Å². The number of ether oxygens (including phenoxy) is 2. The Balaban J connectivity index is 2.46. The largest absolute Gasteiger partial charge is 0.497 e. The van der Waals surface area contributed by atoms with Gasteiger partial charge in [-0.25, -0.2) is 4.39 Å². The van der Waals surface area contributed by atoms with Crippen molar-refractivity contribution in [3.8, 4) is 11.5 Å². The van der Waals surface area contributed by atoms with Crippen molar-refractivity contribution in [3.63, 3.8) is 0 Å². The molecule has 2 aromatic carbocycles. The predicted octanol–water partition coefficient (Wildman–Crippen LogP) is 3.91. The minimum atomic E-state index is -0.380. The highest BCUT2D eigenvalue weighted by Gasteiger charge is 2.17. The third kappa shape index (κ3) is 3.36. The first kappa shape index (κ1) is 15.8. The van der Waals surface area contributed by atoms with E-state index in [4.69, 9.17) is 9.47 Å². The van der Waals surface area contributed by atoms with Crippen LogP contribution in [0.2, 0.25) is 0 Å². The average molecular weight is 354 g/mol. The van der Waals surface area contributed by atoms with Gasteiger partial charge in [-0.15, -0.1) is 0 Å². The third-order valence-corrected chi connectivity index (χ3v) is 4.03. The van der Waals surface area contributed by atoms with Crippen molar-refractivity contribution in [3.05, 3.63) is 57.8 Å². The van der Waals surface area contributed by atoms with Gasteiger partial charge in [-0.05, 0) is 48.5 Å². The highest BCUT2D eigenvalue weighted by atomic mass is 79.9. The number of methoxy groups -OCH3 is 2. The van der Waals surface area contributed by atoms with Crippen molar-refractivity contribution in [1.29, 1.82) is 0 Å². The first-order valence-corrected chi connectivity index (χ1v) is 7.24. The molecule has 0 fully saturated rings. The molecule has 2 aromatic rings. The minimum Gasteiger partial charge on any atom is -0.497 e. The highest BCUT2D eigenvalue weighted by Crippen LogP contribution is 2.33. The summed E-state index contributed by atoms with van der Waals surface area (Å²) >= 11 is 3.53. The van der Waals surface area contributed by atoms with Crippen LogP contribution in [0.3, 0.4) is 0 Å². The summed E-state index contributed by atoms with van der Waals surface area (Å²) in [5, 5.41) is 3.20. The molecule has 1 N–H and O–H groups in total. The summed E-state index contributed by atoms with van der Waals surface area (Å²) in [5.74, 6) is 0.606. The Kier molecular flexibility index (Phi) is 5.20. The molecule has 0 aliphatic heterocycles. The van der Waals surface area contributed by atoms with Gasteiger partial charge in [0.25, 0.3) is 0 Å². The fraction of sp³-hybridized carbons (Fsp3) is 0.250. The van der Waals surface area contributed by atoms with Gasteiger partial charge in [-0.2, -0.15) is 0 Å². The van der Waals surface area contributed by atoms with Crippen LogP contribution in [0.4, 0.5) is 4.39 Å². The number of benzene rings is 2. The molecule has 0 radical (unpaired) electrons. The summed E-state index contributed by atoms with van der Waals surface area (Å²) in [4.78, 5) is 0. The molecule has 0 spiro atoms. The monoisotopic (exact) mass is 353 g/mol. The fourth-order valence-corrected chi connectivity index (χ4v) is 2.71. The molecule has 112 valence electrons. The molecule has 21 heavy (non-hydrogen) atoms. The van der Waals surface area contributed by atoms with Crippen LogP contribution in [0, 0.1) is 5.82 Å². The summed E-state index contributed by atoms with van der Waals surface area (Å²) in [6, 6.07) is 10.5. The van der Waals surface area contributed by atoms with Gasteiger partial charge < -0.3 is 14.8 Å². The zero-order valence-electron chi connectivity index (χ0n) is 12.1. The van der Waals surface area contributed by atoms with Gasteiger partial charge in [-0.3, -0.25) is 0 Å². The Morgan fingerprint density at radius 3 is 2.43 bits per heavy atom. The summed E-state index contributed by atoms with van der Waals surface area (Å²) in [5.41, 5.74) is 1.78. The first-order valence-electron chi connectivity index (χ1n) is 6.44. The van der Waals surface area contributed by atoms with Crippen LogP contribution < -0.4 is 14.8 Å². The number of hydrogen-bond acceptors (Lipinski definition) is 3. The molecule has 0 aliphatic carbocycles. The van der Waals surface area contributed by atoms with Crippen molar-refractivity contribution >= 4 is 15.9 Å². The molecule has 0 amide bonds. The Morgan fingerprint density at radius 2 is 1.86 bits per heavy atom. The van der Waals surface area contributed by atoms with E-state index in [1.807, 2.05) is 31.3 Å². The van der Waals surface area contributed by atoms with Gasteiger partial charge in [0.1, 0.15) is 5.75 Å².